The number of hydrogen-bond acceptors (Lipinski definition) is 4. The van der Waals surface area contributed by atoms with E-state index in [1.165, 1.54) is 5.56 Å². The highest BCUT2D eigenvalue weighted by Gasteiger charge is 2.25. The Hall–Kier alpha value is -2.47. The van der Waals surface area contributed by atoms with Gasteiger partial charge in [0.25, 0.3) is 0 Å². The first-order valence-electron chi connectivity index (χ1n) is 8.68. The predicted octanol–water partition coefficient (Wildman–Crippen LogP) is 3.00. The Bertz CT molecular complexity index is 706. The highest BCUT2D eigenvalue weighted by atomic mass is 16.2. The number of piperazine rings is 1. The summed E-state index contributed by atoms with van der Waals surface area (Å²) in [4.78, 5) is 25.3. The summed E-state index contributed by atoms with van der Waals surface area (Å²) in [6.07, 6.45) is 3.70. The van der Waals surface area contributed by atoms with Crippen LogP contribution in [0.4, 0.5) is 10.6 Å². The van der Waals surface area contributed by atoms with E-state index in [9.17, 15) is 4.79 Å². The number of amides is 2. The summed E-state index contributed by atoms with van der Waals surface area (Å²) in [6.45, 7) is 9.24. The fourth-order valence-corrected chi connectivity index (χ4v) is 3.24. The monoisotopic (exact) mass is 339 g/mol. The zero-order chi connectivity index (χ0) is 17.8. The highest BCUT2D eigenvalue weighted by molar-refractivity contribution is 5.88. The molecule has 3 rings (SSSR count). The first-order valence-corrected chi connectivity index (χ1v) is 8.68. The topological polar surface area (TPSA) is 61.4 Å². The summed E-state index contributed by atoms with van der Waals surface area (Å²) in [6, 6.07) is 8.18. The van der Waals surface area contributed by atoms with Gasteiger partial charge in [-0.05, 0) is 50.1 Å². The fourth-order valence-electron chi connectivity index (χ4n) is 3.24. The van der Waals surface area contributed by atoms with Gasteiger partial charge >= 0.3 is 6.03 Å². The number of carbonyl (C=O) groups is 1. The first kappa shape index (κ1) is 17.4. The number of anilines is 1. The van der Waals surface area contributed by atoms with Crippen LogP contribution in [0.3, 0.4) is 0 Å². The highest BCUT2D eigenvalue weighted by Crippen LogP contribution is 2.21. The van der Waals surface area contributed by atoms with Crippen molar-refractivity contribution in [3.8, 4) is 0 Å². The van der Waals surface area contributed by atoms with Crippen LogP contribution < -0.4 is 5.32 Å². The molecule has 2 aromatic rings. The van der Waals surface area contributed by atoms with Crippen LogP contribution in [-0.4, -0.2) is 52.0 Å². The lowest BCUT2D eigenvalue weighted by atomic mass is 10.1. The van der Waals surface area contributed by atoms with Gasteiger partial charge in [0, 0.05) is 50.3 Å². The summed E-state index contributed by atoms with van der Waals surface area (Å²) in [5.74, 6) is 0.619. The molecule has 1 unspecified atom stereocenters. The van der Waals surface area contributed by atoms with Crippen molar-refractivity contribution in [2.75, 3.05) is 31.5 Å². The maximum absolute atomic E-state index is 12.5. The Balaban J connectivity index is 1.55. The van der Waals surface area contributed by atoms with Gasteiger partial charge in [-0.25, -0.2) is 9.78 Å². The van der Waals surface area contributed by atoms with E-state index in [0.717, 1.165) is 24.3 Å². The molecule has 6 heteroatoms. The van der Waals surface area contributed by atoms with E-state index in [1.807, 2.05) is 43.1 Å². The summed E-state index contributed by atoms with van der Waals surface area (Å²) < 4.78 is 0. The van der Waals surface area contributed by atoms with Gasteiger partial charge in [-0.3, -0.25) is 15.2 Å². The molecule has 132 valence electrons. The van der Waals surface area contributed by atoms with Gasteiger partial charge in [-0.2, -0.15) is 0 Å². The van der Waals surface area contributed by atoms with E-state index in [-0.39, 0.29) is 6.03 Å². The van der Waals surface area contributed by atoms with E-state index < -0.39 is 0 Å². The van der Waals surface area contributed by atoms with Gasteiger partial charge in [-0.15, -0.1) is 0 Å². The lowest BCUT2D eigenvalue weighted by Gasteiger charge is -2.38. The molecular formula is C19H25N5O. The van der Waals surface area contributed by atoms with Crippen LogP contribution in [0.5, 0.6) is 0 Å². The minimum atomic E-state index is -0.0776. The molecule has 6 nitrogen and oxygen atoms in total. The molecule has 2 aromatic heterocycles. The molecule has 0 aliphatic carbocycles. The van der Waals surface area contributed by atoms with Crippen molar-refractivity contribution < 1.29 is 4.79 Å². The summed E-state index contributed by atoms with van der Waals surface area (Å²) in [7, 11) is 0. The van der Waals surface area contributed by atoms with Crippen LogP contribution in [0.15, 0.2) is 36.7 Å². The van der Waals surface area contributed by atoms with E-state index in [1.54, 1.807) is 6.20 Å². The number of nitrogens with one attached hydrogen (secondary N) is 1. The number of nitrogens with zero attached hydrogens (tertiary/aromatic N) is 4. The molecule has 0 spiro atoms. The molecule has 0 bridgehead atoms. The van der Waals surface area contributed by atoms with Crippen LogP contribution >= 0.6 is 0 Å². The lowest BCUT2D eigenvalue weighted by Crippen LogP contribution is -2.50. The SMILES string of the molecule is Cc1cc(C)nc(NC(=O)N2CCN(C(C)c3cccnc3)CC2)c1. The molecular weight excluding hydrogens is 314 g/mol. The number of aryl methyl sites for hydroxylation is 2. The molecule has 1 N–H and O–H groups in total. The second-order valence-corrected chi connectivity index (χ2v) is 6.59. The Morgan fingerprint density at radius 1 is 1.20 bits per heavy atom. The molecule has 1 fully saturated rings. The number of hydrogen-bond donors (Lipinski definition) is 1. The predicted molar refractivity (Wildman–Crippen MR) is 98.5 cm³/mol. The van der Waals surface area contributed by atoms with Crippen molar-refractivity contribution in [1.82, 2.24) is 19.8 Å². The van der Waals surface area contributed by atoms with E-state index in [0.29, 0.717) is 24.9 Å². The third-order valence-corrected chi connectivity index (χ3v) is 4.65. The average Bonchev–Trinajstić information content (AvgIpc) is 2.61. The van der Waals surface area contributed by atoms with Crippen molar-refractivity contribution in [3.05, 3.63) is 53.5 Å². The summed E-state index contributed by atoms with van der Waals surface area (Å²) in [5, 5.41) is 2.92. The van der Waals surface area contributed by atoms with E-state index in [4.69, 9.17) is 0 Å². The molecule has 1 aliphatic rings. The molecule has 0 aromatic carbocycles. The first-order chi connectivity index (χ1) is 12.0. The van der Waals surface area contributed by atoms with E-state index >= 15 is 0 Å². The Kier molecular flexibility index (Phi) is 5.28. The number of pyridine rings is 2. The maximum atomic E-state index is 12.5. The number of rotatable bonds is 3. The molecule has 25 heavy (non-hydrogen) atoms. The van der Waals surface area contributed by atoms with Crippen molar-refractivity contribution in [2.45, 2.75) is 26.8 Å². The minimum Gasteiger partial charge on any atom is -0.322 e. The zero-order valence-electron chi connectivity index (χ0n) is 15.1. The average molecular weight is 339 g/mol. The largest absolute Gasteiger partial charge is 0.323 e. The molecule has 0 radical (unpaired) electrons. The standard InChI is InChI=1S/C19H25N5O/c1-14-11-15(2)21-18(12-14)22-19(25)24-9-7-23(8-10-24)16(3)17-5-4-6-20-13-17/h4-6,11-13,16H,7-10H2,1-3H3,(H,21,22,25). The van der Waals surface area contributed by atoms with Gasteiger partial charge in [0.1, 0.15) is 5.82 Å². The zero-order valence-corrected chi connectivity index (χ0v) is 15.1. The third kappa shape index (κ3) is 4.33. The molecule has 1 atom stereocenters. The Morgan fingerprint density at radius 3 is 2.60 bits per heavy atom. The molecule has 2 amide bonds. The van der Waals surface area contributed by atoms with Gasteiger partial charge in [0.2, 0.25) is 0 Å². The Morgan fingerprint density at radius 2 is 1.96 bits per heavy atom. The van der Waals surface area contributed by atoms with Gasteiger partial charge in [0.05, 0.1) is 0 Å². The van der Waals surface area contributed by atoms with Gasteiger partial charge in [-0.1, -0.05) is 6.07 Å². The molecule has 1 aliphatic heterocycles. The van der Waals surface area contributed by atoms with Crippen molar-refractivity contribution in [2.24, 2.45) is 0 Å². The van der Waals surface area contributed by atoms with Crippen LogP contribution in [0.2, 0.25) is 0 Å². The Labute approximate surface area is 148 Å². The second-order valence-electron chi connectivity index (χ2n) is 6.59. The van der Waals surface area contributed by atoms with Crippen LogP contribution in [-0.2, 0) is 0 Å². The van der Waals surface area contributed by atoms with Crippen molar-refractivity contribution >= 4 is 11.8 Å². The quantitative estimate of drug-likeness (QED) is 0.934. The van der Waals surface area contributed by atoms with E-state index in [2.05, 4.69) is 33.2 Å². The number of urea groups is 1. The third-order valence-electron chi connectivity index (χ3n) is 4.65. The van der Waals surface area contributed by atoms with Gasteiger partial charge < -0.3 is 4.90 Å². The number of carbonyl (C=O) groups excluding carboxylic acids is 1. The smallest absolute Gasteiger partial charge is 0.322 e. The fraction of sp³-hybridized carbons (Fsp3) is 0.421. The van der Waals surface area contributed by atoms with Crippen molar-refractivity contribution in [3.63, 3.8) is 0 Å². The molecule has 0 saturated carbocycles. The summed E-state index contributed by atoms with van der Waals surface area (Å²) >= 11 is 0. The van der Waals surface area contributed by atoms with Crippen LogP contribution in [0.25, 0.3) is 0 Å². The lowest BCUT2D eigenvalue weighted by molar-refractivity contribution is 0.119. The van der Waals surface area contributed by atoms with Crippen LogP contribution in [0.1, 0.15) is 29.8 Å². The molecule has 3 heterocycles. The van der Waals surface area contributed by atoms with Crippen molar-refractivity contribution in [1.29, 1.82) is 0 Å². The van der Waals surface area contributed by atoms with Gasteiger partial charge in [0.15, 0.2) is 0 Å². The number of aromatic nitrogens is 2. The summed E-state index contributed by atoms with van der Waals surface area (Å²) in [5.41, 5.74) is 3.21. The maximum Gasteiger partial charge on any atom is 0.323 e. The van der Waals surface area contributed by atoms with Crippen LogP contribution in [0, 0.1) is 13.8 Å². The minimum absolute atomic E-state index is 0.0776. The molecule has 1 saturated heterocycles. The normalized spacial score (nSPS) is 16.5. The second kappa shape index (κ2) is 7.61.